The second kappa shape index (κ2) is 7.13. The van der Waals surface area contributed by atoms with Crippen molar-refractivity contribution in [3.05, 3.63) is 69.9 Å². The highest BCUT2D eigenvalue weighted by molar-refractivity contribution is 5.68. The molecule has 154 valence electrons. The topological polar surface area (TPSA) is 101 Å². The Balaban J connectivity index is 1.33. The first-order chi connectivity index (χ1) is 14.5. The molecule has 1 aliphatic rings. The fourth-order valence-electron chi connectivity index (χ4n) is 3.82. The van der Waals surface area contributed by atoms with Crippen LogP contribution in [-0.2, 0) is 18.3 Å². The van der Waals surface area contributed by atoms with Crippen molar-refractivity contribution in [1.29, 1.82) is 0 Å². The maximum Gasteiger partial charge on any atom is 0.280 e. The lowest BCUT2D eigenvalue weighted by Crippen LogP contribution is -2.22. The highest BCUT2D eigenvalue weighted by atomic mass is 19.1. The summed E-state index contributed by atoms with van der Waals surface area (Å²) in [5, 5.41) is 4.06. The molecule has 1 fully saturated rings. The number of imidazole rings is 1. The van der Waals surface area contributed by atoms with Crippen LogP contribution in [0.25, 0.3) is 11.2 Å². The minimum atomic E-state index is -0.275. The molecule has 1 aliphatic heterocycles. The lowest BCUT2D eigenvalue weighted by molar-refractivity contribution is 0.109. The van der Waals surface area contributed by atoms with Crippen LogP contribution in [0.2, 0.25) is 0 Å². The zero-order valence-corrected chi connectivity index (χ0v) is 16.4. The second-order valence-electron chi connectivity index (χ2n) is 7.57. The molecule has 0 saturated carbocycles. The van der Waals surface area contributed by atoms with Crippen LogP contribution >= 0.6 is 0 Å². The minimum absolute atomic E-state index is 0.0644. The molecule has 0 unspecified atom stereocenters. The minimum Gasteiger partial charge on any atom is -0.373 e. The SMILES string of the molecule is Cc1cc(F)cc([C@H]2C[C@H](c3noc(Cn4cnc5ncn(C)c5c4=O)n3)CO2)c1. The molecular weight excluding hydrogens is 391 g/mol. The normalized spacial score (nSPS) is 19.0. The molecule has 4 aromatic rings. The molecule has 1 aromatic carbocycles. The van der Waals surface area contributed by atoms with E-state index >= 15 is 0 Å². The third-order valence-corrected chi connectivity index (χ3v) is 5.29. The van der Waals surface area contributed by atoms with E-state index in [-0.39, 0.29) is 29.9 Å². The van der Waals surface area contributed by atoms with Crippen LogP contribution in [0.3, 0.4) is 0 Å². The third-order valence-electron chi connectivity index (χ3n) is 5.29. The van der Waals surface area contributed by atoms with Crippen molar-refractivity contribution in [3.8, 4) is 0 Å². The Morgan fingerprint density at radius 2 is 2.07 bits per heavy atom. The number of benzene rings is 1. The predicted molar refractivity (Wildman–Crippen MR) is 103 cm³/mol. The van der Waals surface area contributed by atoms with E-state index < -0.39 is 0 Å². The number of aromatic nitrogens is 6. The van der Waals surface area contributed by atoms with Gasteiger partial charge in [-0.15, -0.1) is 0 Å². The number of rotatable bonds is 4. The zero-order valence-electron chi connectivity index (χ0n) is 16.4. The van der Waals surface area contributed by atoms with Crippen molar-refractivity contribution < 1.29 is 13.7 Å². The molecule has 0 radical (unpaired) electrons. The molecule has 0 bridgehead atoms. The monoisotopic (exact) mass is 410 g/mol. The van der Waals surface area contributed by atoms with Crippen LogP contribution in [0.5, 0.6) is 0 Å². The van der Waals surface area contributed by atoms with E-state index in [1.807, 2.05) is 13.0 Å². The number of ether oxygens (including phenoxy) is 1. The van der Waals surface area contributed by atoms with E-state index in [4.69, 9.17) is 9.26 Å². The summed E-state index contributed by atoms with van der Waals surface area (Å²) in [5.74, 6) is 0.484. The molecule has 2 atom stereocenters. The standard InChI is InChI=1S/C20H19FN6O3/c1-11-3-12(5-14(21)4-11)15-6-13(8-29-15)18-24-16(30-25-18)7-27-10-23-19-17(20(27)28)26(2)9-22-19/h3-5,9-10,13,15H,6-8H2,1-2H3/t13-,15+/m0/s1. The lowest BCUT2D eigenvalue weighted by atomic mass is 9.99. The average Bonchev–Trinajstić information content (AvgIpc) is 3.43. The number of hydrogen-bond donors (Lipinski definition) is 0. The van der Waals surface area contributed by atoms with Gasteiger partial charge in [0.15, 0.2) is 17.0 Å². The maximum atomic E-state index is 13.7. The summed E-state index contributed by atoms with van der Waals surface area (Å²) in [4.78, 5) is 25.4. The van der Waals surface area contributed by atoms with Crippen molar-refractivity contribution in [2.75, 3.05) is 6.61 Å². The van der Waals surface area contributed by atoms with Gasteiger partial charge < -0.3 is 13.8 Å². The summed E-state index contributed by atoms with van der Waals surface area (Å²) in [7, 11) is 1.74. The van der Waals surface area contributed by atoms with Crippen molar-refractivity contribution in [2.24, 2.45) is 7.05 Å². The van der Waals surface area contributed by atoms with E-state index in [2.05, 4.69) is 20.1 Å². The Morgan fingerprint density at radius 3 is 2.90 bits per heavy atom. The van der Waals surface area contributed by atoms with Gasteiger partial charge in [-0.1, -0.05) is 11.2 Å². The first kappa shape index (κ1) is 18.6. The number of aryl methyl sites for hydroxylation is 2. The largest absolute Gasteiger partial charge is 0.373 e. The highest BCUT2D eigenvalue weighted by Crippen LogP contribution is 2.37. The molecule has 1 saturated heterocycles. The van der Waals surface area contributed by atoms with Gasteiger partial charge in [-0.2, -0.15) is 4.98 Å². The Labute approximate surface area is 170 Å². The van der Waals surface area contributed by atoms with Crippen LogP contribution in [0, 0.1) is 12.7 Å². The van der Waals surface area contributed by atoms with Crippen LogP contribution < -0.4 is 5.56 Å². The van der Waals surface area contributed by atoms with Gasteiger partial charge in [0, 0.05) is 13.0 Å². The fourth-order valence-corrected chi connectivity index (χ4v) is 3.82. The smallest absolute Gasteiger partial charge is 0.280 e. The summed E-state index contributed by atoms with van der Waals surface area (Å²) in [6.07, 6.45) is 3.38. The fraction of sp³-hybridized carbons (Fsp3) is 0.350. The molecule has 0 aliphatic carbocycles. The Hall–Kier alpha value is -3.40. The lowest BCUT2D eigenvalue weighted by Gasteiger charge is -2.10. The van der Waals surface area contributed by atoms with Gasteiger partial charge in [0.25, 0.3) is 5.56 Å². The first-order valence-electron chi connectivity index (χ1n) is 9.55. The van der Waals surface area contributed by atoms with Crippen LogP contribution in [0.1, 0.15) is 41.3 Å². The number of nitrogens with zero attached hydrogens (tertiary/aromatic N) is 6. The van der Waals surface area contributed by atoms with Crippen molar-refractivity contribution >= 4 is 11.2 Å². The first-order valence-corrected chi connectivity index (χ1v) is 9.55. The van der Waals surface area contributed by atoms with E-state index in [1.165, 1.54) is 23.0 Å². The maximum absolute atomic E-state index is 13.7. The van der Waals surface area contributed by atoms with E-state index in [9.17, 15) is 9.18 Å². The predicted octanol–water partition coefficient (Wildman–Crippen LogP) is 2.25. The van der Waals surface area contributed by atoms with Gasteiger partial charge >= 0.3 is 0 Å². The Bertz CT molecular complexity index is 1270. The van der Waals surface area contributed by atoms with Gasteiger partial charge in [-0.3, -0.25) is 9.36 Å². The molecule has 0 amide bonds. The van der Waals surface area contributed by atoms with E-state index in [0.717, 1.165) is 11.1 Å². The second-order valence-corrected chi connectivity index (χ2v) is 7.57. The molecule has 30 heavy (non-hydrogen) atoms. The highest BCUT2D eigenvalue weighted by Gasteiger charge is 2.31. The number of fused-ring (bicyclic) bond motifs is 1. The van der Waals surface area contributed by atoms with Crippen LogP contribution in [0.15, 0.2) is 40.2 Å². The summed E-state index contributed by atoms with van der Waals surface area (Å²) >= 11 is 0. The summed E-state index contributed by atoms with van der Waals surface area (Å²) in [5.41, 5.74) is 2.23. The molecular formula is C20H19FN6O3. The molecule has 3 aromatic heterocycles. The van der Waals surface area contributed by atoms with Gasteiger partial charge in [0.05, 0.1) is 19.0 Å². The van der Waals surface area contributed by atoms with Gasteiger partial charge in [-0.25, -0.2) is 14.4 Å². The van der Waals surface area contributed by atoms with Gasteiger partial charge in [0.2, 0.25) is 5.89 Å². The zero-order chi connectivity index (χ0) is 20.8. The van der Waals surface area contributed by atoms with Crippen LogP contribution in [0.4, 0.5) is 4.39 Å². The molecule has 5 rings (SSSR count). The van der Waals surface area contributed by atoms with E-state index in [0.29, 0.717) is 35.9 Å². The summed E-state index contributed by atoms with van der Waals surface area (Å²) in [6, 6.07) is 4.91. The van der Waals surface area contributed by atoms with Crippen molar-refractivity contribution in [2.45, 2.75) is 31.9 Å². The third kappa shape index (κ3) is 3.28. The summed E-state index contributed by atoms with van der Waals surface area (Å²) < 4.78 is 28.0. The molecule has 0 N–H and O–H groups in total. The van der Waals surface area contributed by atoms with Crippen molar-refractivity contribution in [1.82, 2.24) is 29.2 Å². The average molecular weight is 410 g/mol. The Morgan fingerprint density at radius 1 is 1.23 bits per heavy atom. The van der Waals surface area contributed by atoms with Crippen molar-refractivity contribution in [3.63, 3.8) is 0 Å². The molecule has 10 heteroatoms. The molecule has 4 heterocycles. The van der Waals surface area contributed by atoms with Gasteiger partial charge in [0.1, 0.15) is 18.7 Å². The summed E-state index contributed by atoms with van der Waals surface area (Å²) in [6.45, 7) is 2.38. The quantitative estimate of drug-likeness (QED) is 0.509. The van der Waals surface area contributed by atoms with E-state index in [1.54, 1.807) is 17.9 Å². The van der Waals surface area contributed by atoms with Gasteiger partial charge in [-0.05, 0) is 36.6 Å². The van der Waals surface area contributed by atoms with Crippen LogP contribution in [-0.4, -0.2) is 35.8 Å². The number of halogens is 1. The Kier molecular flexibility index (Phi) is 4.43. The molecule has 0 spiro atoms. The number of hydrogen-bond acceptors (Lipinski definition) is 7. The molecule has 9 nitrogen and oxygen atoms in total.